The number of hydrogen-bond acceptors (Lipinski definition) is 3. The van der Waals surface area contributed by atoms with Crippen LogP contribution in [0, 0.1) is 11.3 Å². The van der Waals surface area contributed by atoms with Gasteiger partial charge in [0.25, 0.3) is 0 Å². The molecule has 0 unspecified atom stereocenters. The van der Waals surface area contributed by atoms with Crippen LogP contribution in [-0.4, -0.2) is 39.3 Å². The summed E-state index contributed by atoms with van der Waals surface area (Å²) in [6, 6.07) is 0. The lowest BCUT2D eigenvalue weighted by atomic mass is 9.93. The maximum absolute atomic E-state index is 11.8. The fourth-order valence-corrected chi connectivity index (χ4v) is 2.20. The second-order valence-electron chi connectivity index (χ2n) is 5.77. The highest BCUT2D eigenvalue weighted by Gasteiger charge is 2.21. The van der Waals surface area contributed by atoms with E-state index < -0.39 is 0 Å². The van der Waals surface area contributed by atoms with Gasteiger partial charge >= 0.3 is 0 Å². The highest BCUT2D eigenvalue weighted by molar-refractivity contribution is 5.85. The van der Waals surface area contributed by atoms with Crippen molar-refractivity contribution in [1.29, 1.82) is 0 Å². The van der Waals surface area contributed by atoms with E-state index >= 15 is 0 Å². The molecule has 1 fully saturated rings. The highest BCUT2D eigenvalue weighted by Crippen LogP contribution is 2.17. The van der Waals surface area contributed by atoms with Crippen molar-refractivity contribution in [2.75, 3.05) is 33.4 Å². The van der Waals surface area contributed by atoms with E-state index in [4.69, 9.17) is 4.74 Å². The van der Waals surface area contributed by atoms with Crippen LogP contribution in [0.4, 0.5) is 0 Å². The van der Waals surface area contributed by atoms with Crippen molar-refractivity contribution in [1.82, 2.24) is 10.6 Å². The SMILES string of the molecule is COCC(C)(C)CNC(=O)CC1CCNCC1.Cl. The molecule has 5 heteroatoms. The van der Waals surface area contributed by atoms with Crippen LogP contribution in [0.3, 0.4) is 0 Å². The predicted molar refractivity (Wildman–Crippen MR) is 76.1 cm³/mol. The molecular formula is C13H27ClN2O2. The maximum Gasteiger partial charge on any atom is 0.220 e. The first-order valence-electron chi connectivity index (χ1n) is 6.50. The van der Waals surface area contributed by atoms with Gasteiger partial charge in [-0.1, -0.05) is 13.8 Å². The molecule has 0 radical (unpaired) electrons. The molecule has 0 spiro atoms. The second kappa shape index (κ2) is 8.73. The summed E-state index contributed by atoms with van der Waals surface area (Å²) in [6.45, 7) is 7.65. The molecule has 18 heavy (non-hydrogen) atoms. The van der Waals surface area contributed by atoms with Gasteiger partial charge in [0.2, 0.25) is 5.91 Å². The first kappa shape index (κ1) is 17.7. The number of carbonyl (C=O) groups excluding carboxylic acids is 1. The van der Waals surface area contributed by atoms with Crippen molar-refractivity contribution in [3.63, 3.8) is 0 Å². The fourth-order valence-electron chi connectivity index (χ4n) is 2.20. The molecule has 1 aliphatic heterocycles. The molecule has 4 nitrogen and oxygen atoms in total. The lowest BCUT2D eigenvalue weighted by Gasteiger charge is -2.25. The minimum absolute atomic E-state index is 0. The van der Waals surface area contributed by atoms with E-state index in [1.54, 1.807) is 7.11 Å². The van der Waals surface area contributed by atoms with Crippen molar-refractivity contribution < 1.29 is 9.53 Å². The van der Waals surface area contributed by atoms with E-state index in [1.165, 1.54) is 0 Å². The predicted octanol–water partition coefficient (Wildman–Crippen LogP) is 1.59. The van der Waals surface area contributed by atoms with Gasteiger partial charge < -0.3 is 15.4 Å². The van der Waals surface area contributed by atoms with Crippen molar-refractivity contribution in [3.8, 4) is 0 Å². The van der Waals surface area contributed by atoms with Gasteiger partial charge in [-0.2, -0.15) is 0 Å². The zero-order valence-corrected chi connectivity index (χ0v) is 12.6. The first-order valence-corrected chi connectivity index (χ1v) is 6.50. The van der Waals surface area contributed by atoms with E-state index in [0.29, 0.717) is 25.5 Å². The minimum atomic E-state index is 0. The van der Waals surface area contributed by atoms with Gasteiger partial charge in [0.1, 0.15) is 0 Å². The summed E-state index contributed by atoms with van der Waals surface area (Å²) in [5.41, 5.74) is 0.0124. The molecule has 2 N–H and O–H groups in total. The third-order valence-corrected chi connectivity index (χ3v) is 3.23. The molecule has 0 atom stereocenters. The third-order valence-electron chi connectivity index (χ3n) is 3.23. The average molecular weight is 279 g/mol. The Hall–Kier alpha value is -0.320. The van der Waals surface area contributed by atoms with E-state index in [-0.39, 0.29) is 23.7 Å². The Morgan fingerprint density at radius 1 is 1.39 bits per heavy atom. The number of ether oxygens (including phenoxy) is 1. The van der Waals surface area contributed by atoms with Crippen LogP contribution in [0.5, 0.6) is 0 Å². The quantitative estimate of drug-likeness (QED) is 0.776. The number of carbonyl (C=O) groups is 1. The third kappa shape index (κ3) is 7.19. The summed E-state index contributed by atoms with van der Waals surface area (Å²) in [6.07, 6.45) is 2.91. The summed E-state index contributed by atoms with van der Waals surface area (Å²) in [7, 11) is 1.69. The zero-order chi connectivity index (χ0) is 12.7. The molecule has 1 saturated heterocycles. The summed E-state index contributed by atoms with van der Waals surface area (Å²) < 4.78 is 5.13. The van der Waals surface area contributed by atoms with Crippen LogP contribution in [0.2, 0.25) is 0 Å². The van der Waals surface area contributed by atoms with E-state index in [2.05, 4.69) is 24.5 Å². The maximum atomic E-state index is 11.8. The lowest BCUT2D eigenvalue weighted by molar-refractivity contribution is -0.122. The molecule has 0 aromatic carbocycles. The van der Waals surface area contributed by atoms with E-state index in [0.717, 1.165) is 25.9 Å². The van der Waals surface area contributed by atoms with Crippen LogP contribution in [0.25, 0.3) is 0 Å². The van der Waals surface area contributed by atoms with Gasteiger partial charge in [-0.15, -0.1) is 12.4 Å². The van der Waals surface area contributed by atoms with E-state index in [1.807, 2.05) is 0 Å². The van der Waals surface area contributed by atoms with Crippen LogP contribution in [0.15, 0.2) is 0 Å². The number of hydrogen-bond donors (Lipinski definition) is 2. The topological polar surface area (TPSA) is 50.4 Å². The van der Waals surface area contributed by atoms with Crippen molar-refractivity contribution in [3.05, 3.63) is 0 Å². The number of methoxy groups -OCH3 is 1. The Balaban J connectivity index is 0.00000289. The molecule has 0 aromatic heterocycles. The second-order valence-corrected chi connectivity index (χ2v) is 5.77. The summed E-state index contributed by atoms with van der Waals surface area (Å²) >= 11 is 0. The van der Waals surface area contributed by atoms with Crippen molar-refractivity contribution in [2.24, 2.45) is 11.3 Å². The molecular weight excluding hydrogens is 252 g/mol. The van der Waals surface area contributed by atoms with Crippen LogP contribution < -0.4 is 10.6 Å². The van der Waals surface area contributed by atoms with Crippen LogP contribution >= 0.6 is 12.4 Å². The normalized spacial score (nSPS) is 17.1. The molecule has 1 rings (SSSR count). The van der Waals surface area contributed by atoms with Gasteiger partial charge in [-0.05, 0) is 31.8 Å². The Bertz CT molecular complexity index is 241. The summed E-state index contributed by atoms with van der Waals surface area (Å²) in [5, 5.41) is 6.33. The first-order chi connectivity index (χ1) is 8.03. The fraction of sp³-hybridized carbons (Fsp3) is 0.923. The molecule has 0 bridgehead atoms. The summed E-state index contributed by atoms with van der Waals surface area (Å²) in [4.78, 5) is 11.8. The molecule has 108 valence electrons. The zero-order valence-electron chi connectivity index (χ0n) is 11.8. The number of halogens is 1. The Labute approximate surface area is 117 Å². The van der Waals surface area contributed by atoms with Crippen LogP contribution in [-0.2, 0) is 9.53 Å². The molecule has 0 aliphatic carbocycles. The molecule has 1 heterocycles. The largest absolute Gasteiger partial charge is 0.384 e. The standard InChI is InChI=1S/C13H26N2O2.ClH/c1-13(2,10-17-3)9-15-12(16)8-11-4-6-14-7-5-11;/h11,14H,4-10H2,1-3H3,(H,15,16);1H. The molecule has 1 amide bonds. The Kier molecular flexibility index (Phi) is 8.57. The Morgan fingerprint density at radius 2 is 2.00 bits per heavy atom. The van der Waals surface area contributed by atoms with Gasteiger partial charge in [-0.25, -0.2) is 0 Å². The smallest absolute Gasteiger partial charge is 0.220 e. The number of amides is 1. The lowest BCUT2D eigenvalue weighted by Crippen LogP contribution is -2.38. The molecule has 1 aliphatic rings. The summed E-state index contributed by atoms with van der Waals surface area (Å²) in [5.74, 6) is 0.739. The molecule has 0 saturated carbocycles. The van der Waals surface area contributed by atoms with E-state index in [9.17, 15) is 4.79 Å². The number of nitrogens with one attached hydrogen (secondary N) is 2. The van der Waals surface area contributed by atoms with Crippen molar-refractivity contribution in [2.45, 2.75) is 33.1 Å². The highest BCUT2D eigenvalue weighted by atomic mass is 35.5. The monoisotopic (exact) mass is 278 g/mol. The van der Waals surface area contributed by atoms with Gasteiger partial charge in [0.15, 0.2) is 0 Å². The van der Waals surface area contributed by atoms with Gasteiger partial charge in [0.05, 0.1) is 6.61 Å². The van der Waals surface area contributed by atoms with Gasteiger partial charge in [0, 0.05) is 25.5 Å². The molecule has 0 aromatic rings. The number of rotatable bonds is 6. The number of piperidine rings is 1. The Morgan fingerprint density at radius 3 is 2.56 bits per heavy atom. The van der Waals surface area contributed by atoms with Crippen LogP contribution in [0.1, 0.15) is 33.1 Å². The van der Waals surface area contributed by atoms with Crippen molar-refractivity contribution >= 4 is 18.3 Å². The minimum Gasteiger partial charge on any atom is -0.384 e. The average Bonchev–Trinajstić information content (AvgIpc) is 2.28. The van der Waals surface area contributed by atoms with Gasteiger partial charge in [-0.3, -0.25) is 4.79 Å².